The molecule has 19 heavy (non-hydrogen) atoms. The molecule has 1 N–H and O–H groups in total. The van der Waals surface area contributed by atoms with Crippen LogP contribution >= 0.6 is 0 Å². The van der Waals surface area contributed by atoms with E-state index in [2.05, 4.69) is 43.4 Å². The summed E-state index contributed by atoms with van der Waals surface area (Å²) in [5.74, 6) is 1.97. The SMILES string of the molecule is CNC(=O)CC(c1ccc(CC(C)C)cc1)C1CC1. The molecule has 1 amide bonds. The van der Waals surface area contributed by atoms with Gasteiger partial charge in [0.15, 0.2) is 0 Å². The van der Waals surface area contributed by atoms with Crippen molar-refractivity contribution >= 4 is 5.91 Å². The van der Waals surface area contributed by atoms with Crippen LogP contribution in [-0.2, 0) is 11.2 Å². The molecule has 0 radical (unpaired) electrons. The molecule has 1 aliphatic carbocycles. The number of benzene rings is 1. The van der Waals surface area contributed by atoms with Crippen molar-refractivity contribution in [1.29, 1.82) is 0 Å². The van der Waals surface area contributed by atoms with Crippen molar-refractivity contribution in [3.05, 3.63) is 35.4 Å². The van der Waals surface area contributed by atoms with Gasteiger partial charge in [-0.05, 0) is 48.1 Å². The summed E-state index contributed by atoms with van der Waals surface area (Å²) in [4.78, 5) is 11.6. The van der Waals surface area contributed by atoms with E-state index in [1.54, 1.807) is 7.05 Å². The van der Waals surface area contributed by atoms with E-state index >= 15 is 0 Å². The predicted molar refractivity (Wildman–Crippen MR) is 79.1 cm³/mol. The third kappa shape index (κ3) is 4.09. The zero-order valence-electron chi connectivity index (χ0n) is 12.3. The maximum absolute atomic E-state index is 11.6. The molecule has 0 spiro atoms. The Morgan fingerprint density at radius 2 is 1.89 bits per heavy atom. The van der Waals surface area contributed by atoms with Gasteiger partial charge in [0.25, 0.3) is 0 Å². The molecular weight excluding hydrogens is 234 g/mol. The Morgan fingerprint density at radius 3 is 2.37 bits per heavy atom. The largest absolute Gasteiger partial charge is 0.359 e. The summed E-state index contributed by atoms with van der Waals surface area (Å²) in [5, 5.41) is 2.75. The van der Waals surface area contributed by atoms with E-state index in [1.807, 2.05) is 0 Å². The maximum atomic E-state index is 11.6. The molecule has 0 saturated heterocycles. The van der Waals surface area contributed by atoms with Gasteiger partial charge in [-0.2, -0.15) is 0 Å². The number of hydrogen-bond acceptors (Lipinski definition) is 1. The Labute approximate surface area is 116 Å². The van der Waals surface area contributed by atoms with Crippen LogP contribution in [0.2, 0.25) is 0 Å². The number of carbonyl (C=O) groups excluding carboxylic acids is 1. The summed E-state index contributed by atoms with van der Waals surface area (Å²) in [7, 11) is 1.72. The lowest BCUT2D eigenvalue weighted by Gasteiger charge is -2.16. The topological polar surface area (TPSA) is 29.1 Å². The highest BCUT2D eigenvalue weighted by Gasteiger charge is 2.33. The Kier molecular flexibility index (Phi) is 4.62. The zero-order chi connectivity index (χ0) is 13.8. The fraction of sp³-hybridized carbons (Fsp3) is 0.588. The Morgan fingerprint density at radius 1 is 1.26 bits per heavy atom. The van der Waals surface area contributed by atoms with Crippen LogP contribution in [0.1, 0.15) is 50.2 Å². The Bertz CT molecular complexity index is 417. The van der Waals surface area contributed by atoms with Gasteiger partial charge in [-0.1, -0.05) is 38.1 Å². The molecule has 0 heterocycles. The van der Waals surface area contributed by atoms with Crippen LogP contribution in [0.15, 0.2) is 24.3 Å². The minimum absolute atomic E-state index is 0.156. The molecule has 2 rings (SSSR count). The van der Waals surface area contributed by atoms with Gasteiger partial charge in [0.05, 0.1) is 0 Å². The van der Waals surface area contributed by atoms with Crippen molar-refractivity contribution in [1.82, 2.24) is 5.32 Å². The van der Waals surface area contributed by atoms with Crippen LogP contribution in [-0.4, -0.2) is 13.0 Å². The summed E-state index contributed by atoms with van der Waals surface area (Å²) in [6.45, 7) is 4.49. The average molecular weight is 259 g/mol. The van der Waals surface area contributed by atoms with Gasteiger partial charge in [0, 0.05) is 13.5 Å². The minimum Gasteiger partial charge on any atom is -0.359 e. The standard InChI is InChI=1S/C17H25NO/c1-12(2)10-13-4-6-14(7-5-13)16(15-8-9-15)11-17(19)18-3/h4-7,12,15-16H,8-11H2,1-3H3,(H,18,19). The normalized spacial score (nSPS) is 16.4. The first-order valence-electron chi connectivity index (χ1n) is 7.39. The first-order valence-corrected chi connectivity index (χ1v) is 7.39. The molecule has 1 aliphatic rings. The van der Waals surface area contributed by atoms with Gasteiger partial charge < -0.3 is 5.32 Å². The van der Waals surface area contributed by atoms with Crippen molar-refractivity contribution in [3.63, 3.8) is 0 Å². The lowest BCUT2D eigenvalue weighted by atomic mass is 9.89. The average Bonchev–Trinajstić information content (AvgIpc) is 3.20. The van der Waals surface area contributed by atoms with Crippen LogP contribution in [0.3, 0.4) is 0 Å². The van der Waals surface area contributed by atoms with Crippen LogP contribution in [0, 0.1) is 11.8 Å². The summed E-state index contributed by atoms with van der Waals surface area (Å²) in [6, 6.07) is 8.91. The summed E-state index contributed by atoms with van der Waals surface area (Å²) in [5.41, 5.74) is 2.73. The van der Waals surface area contributed by atoms with Gasteiger partial charge in [-0.15, -0.1) is 0 Å². The van der Waals surface area contributed by atoms with E-state index in [4.69, 9.17) is 0 Å². The molecule has 1 aromatic rings. The lowest BCUT2D eigenvalue weighted by molar-refractivity contribution is -0.121. The van der Waals surface area contributed by atoms with E-state index in [-0.39, 0.29) is 5.91 Å². The zero-order valence-corrected chi connectivity index (χ0v) is 12.3. The van der Waals surface area contributed by atoms with Crippen LogP contribution in [0.5, 0.6) is 0 Å². The minimum atomic E-state index is 0.156. The molecule has 2 nitrogen and oxygen atoms in total. The van der Waals surface area contributed by atoms with Gasteiger partial charge in [-0.25, -0.2) is 0 Å². The van der Waals surface area contributed by atoms with Crippen molar-refractivity contribution in [2.24, 2.45) is 11.8 Å². The number of hydrogen-bond donors (Lipinski definition) is 1. The summed E-state index contributed by atoms with van der Waals surface area (Å²) < 4.78 is 0. The van der Waals surface area contributed by atoms with Crippen LogP contribution in [0.4, 0.5) is 0 Å². The van der Waals surface area contributed by atoms with E-state index in [1.165, 1.54) is 24.0 Å². The lowest BCUT2D eigenvalue weighted by Crippen LogP contribution is -2.21. The Balaban J connectivity index is 2.07. The number of nitrogens with one attached hydrogen (secondary N) is 1. The molecule has 0 aromatic heterocycles. The van der Waals surface area contributed by atoms with E-state index < -0.39 is 0 Å². The second kappa shape index (κ2) is 6.23. The number of rotatable bonds is 6. The second-order valence-corrected chi connectivity index (χ2v) is 6.16. The molecule has 1 fully saturated rings. The molecule has 0 bridgehead atoms. The highest BCUT2D eigenvalue weighted by molar-refractivity contribution is 5.76. The number of amides is 1. The fourth-order valence-electron chi connectivity index (χ4n) is 2.73. The molecule has 1 aromatic carbocycles. The third-order valence-electron chi connectivity index (χ3n) is 3.93. The van der Waals surface area contributed by atoms with Crippen molar-refractivity contribution in [3.8, 4) is 0 Å². The quantitative estimate of drug-likeness (QED) is 0.832. The molecule has 104 valence electrons. The van der Waals surface area contributed by atoms with E-state index in [0.29, 0.717) is 24.2 Å². The summed E-state index contributed by atoms with van der Waals surface area (Å²) >= 11 is 0. The molecule has 1 saturated carbocycles. The van der Waals surface area contributed by atoms with Crippen molar-refractivity contribution in [2.75, 3.05) is 7.05 Å². The van der Waals surface area contributed by atoms with Gasteiger partial charge >= 0.3 is 0 Å². The van der Waals surface area contributed by atoms with E-state index in [9.17, 15) is 4.79 Å². The van der Waals surface area contributed by atoms with Crippen molar-refractivity contribution < 1.29 is 4.79 Å². The van der Waals surface area contributed by atoms with Gasteiger partial charge in [0.2, 0.25) is 5.91 Å². The molecular formula is C17H25NO. The fourth-order valence-corrected chi connectivity index (χ4v) is 2.73. The predicted octanol–water partition coefficient (Wildman–Crippen LogP) is 3.51. The maximum Gasteiger partial charge on any atom is 0.220 e. The highest BCUT2D eigenvalue weighted by Crippen LogP contribution is 2.44. The summed E-state index contributed by atoms with van der Waals surface area (Å²) in [6.07, 6.45) is 4.30. The van der Waals surface area contributed by atoms with Gasteiger partial charge in [0.1, 0.15) is 0 Å². The number of carbonyl (C=O) groups is 1. The van der Waals surface area contributed by atoms with Gasteiger partial charge in [-0.3, -0.25) is 4.79 Å². The Hall–Kier alpha value is -1.31. The smallest absolute Gasteiger partial charge is 0.220 e. The molecule has 1 atom stereocenters. The third-order valence-corrected chi connectivity index (χ3v) is 3.93. The van der Waals surface area contributed by atoms with E-state index in [0.717, 1.165) is 6.42 Å². The first-order chi connectivity index (χ1) is 9.10. The molecule has 1 unspecified atom stereocenters. The molecule has 2 heteroatoms. The second-order valence-electron chi connectivity index (χ2n) is 6.16. The van der Waals surface area contributed by atoms with Crippen molar-refractivity contribution in [2.45, 2.75) is 45.4 Å². The van der Waals surface area contributed by atoms with Crippen LogP contribution in [0.25, 0.3) is 0 Å². The first kappa shape index (κ1) is 14.1. The highest BCUT2D eigenvalue weighted by atomic mass is 16.1. The monoisotopic (exact) mass is 259 g/mol. The molecule has 0 aliphatic heterocycles. The van der Waals surface area contributed by atoms with Crippen LogP contribution < -0.4 is 5.32 Å².